The number of H-pyrrole nitrogens is 1. The summed E-state index contributed by atoms with van der Waals surface area (Å²) in [6.07, 6.45) is 0.605. The van der Waals surface area contributed by atoms with Gasteiger partial charge in [0.15, 0.2) is 5.78 Å². The highest BCUT2D eigenvalue weighted by molar-refractivity contribution is 6.30. The van der Waals surface area contributed by atoms with Crippen molar-refractivity contribution in [2.75, 3.05) is 13.1 Å². The van der Waals surface area contributed by atoms with Crippen LogP contribution in [0.1, 0.15) is 34.1 Å². The van der Waals surface area contributed by atoms with Crippen LogP contribution in [0.15, 0.2) is 83.7 Å². The van der Waals surface area contributed by atoms with Crippen molar-refractivity contribution in [2.24, 2.45) is 0 Å². The lowest BCUT2D eigenvalue weighted by atomic mass is 10.0. The SMILES string of the molecule is CCCN(CC(=O)c1c(-c2ccccc2)[nH]n(-c2ccc(Cl)cc2)c1=O)C(=O)c1ccc(F)cc1. The fourth-order valence-electron chi connectivity index (χ4n) is 3.83. The molecular formula is C27H23ClFN3O3. The molecular weight excluding hydrogens is 469 g/mol. The number of amides is 1. The Kier molecular flexibility index (Phi) is 7.27. The first-order valence-corrected chi connectivity index (χ1v) is 11.5. The van der Waals surface area contributed by atoms with Gasteiger partial charge in [0.1, 0.15) is 11.4 Å². The number of aromatic amines is 1. The van der Waals surface area contributed by atoms with Crippen molar-refractivity contribution in [3.8, 4) is 16.9 Å². The quantitative estimate of drug-likeness (QED) is 0.337. The molecule has 0 aliphatic heterocycles. The molecule has 4 aromatic rings. The maximum absolute atomic E-state index is 13.5. The van der Waals surface area contributed by atoms with E-state index in [1.54, 1.807) is 36.4 Å². The van der Waals surface area contributed by atoms with Crippen molar-refractivity contribution in [1.29, 1.82) is 0 Å². The summed E-state index contributed by atoms with van der Waals surface area (Å²) in [7, 11) is 0. The van der Waals surface area contributed by atoms with Crippen molar-refractivity contribution < 1.29 is 14.0 Å². The number of Topliss-reactive ketones (excluding diaryl/α,β-unsaturated/α-hetero) is 1. The van der Waals surface area contributed by atoms with E-state index in [9.17, 15) is 18.8 Å². The van der Waals surface area contributed by atoms with Gasteiger partial charge in [-0.1, -0.05) is 48.9 Å². The standard InChI is InChI=1S/C27H23ClFN3O3/c1-2-16-31(26(34)19-8-12-21(29)13-9-19)17-23(33)24-25(18-6-4-3-5-7-18)30-32(27(24)35)22-14-10-20(28)11-15-22/h3-15,30H,2,16-17H2,1H3. The van der Waals surface area contributed by atoms with Gasteiger partial charge in [-0.3, -0.25) is 19.5 Å². The first kappa shape index (κ1) is 24.2. The van der Waals surface area contributed by atoms with E-state index < -0.39 is 23.1 Å². The first-order valence-electron chi connectivity index (χ1n) is 11.1. The van der Waals surface area contributed by atoms with E-state index >= 15 is 0 Å². The third kappa shape index (κ3) is 5.25. The van der Waals surface area contributed by atoms with E-state index in [1.165, 1.54) is 33.8 Å². The van der Waals surface area contributed by atoms with E-state index in [0.29, 0.717) is 34.9 Å². The van der Waals surface area contributed by atoms with E-state index in [-0.39, 0.29) is 17.7 Å². The normalized spacial score (nSPS) is 10.8. The Morgan fingerprint density at radius 2 is 1.63 bits per heavy atom. The lowest BCUT2D eigenvalue weighted by Gasteiger charge is -2.21. The Balaban J connectivity index is 1.74. The smallest absolute Gasteiger partial charge is 0.282 e. The van der Waals surface area contributed by atoms with Gasteiger partial charge in [0.2, 0.25) is 0 Å². The summed E-state index contributed by atoms with van der Waals surface area (Å²) in [5.41, 5.74) is 1.24. The largest absolute Gasteiger partial charge is 0.331 e. The summed E-state index contributed by atoms with van der Waals surface area (Å²) in [4.78, 5) is 41.4. The number of carbonyl (C=O) groups is 2. The molecule has 0 saturated carbocycles. The van der Waals surface area contributed by atoms with Crippen LogP contribution in [0.4, 0.5) is 4.39 Å². The first-order chi connectivity index (χ1) is 16.9. The summed E-state index contributed by atoms with van der Waals surface area (Å²) in [5.74, 6) is -1.36. The van der Waals surface area contributed by atoms with Crippen LogP contribution in [0.2, 0.25) is 5.02 Å². The van der Waals surface area contributed by atoms with Crippen molar-refractivity contribution in [3.05, 3.63) is 111 Å². The molecule has 35 heavy (non-hydrogen) atoms. The Morgan fingerprint density at radius 1 is 0.971 bits per heavy atom. The molecule has 0 aliphatic rings. The molecule has 0 unspecified atom stereocenters. The third-order valence-electron chi connectivity index (χ3n) is 5.52. The van der Waals surface area contributed by atoms with E-state index in [0.717, 1.165) is 0 Å². The van der Waals surface area contributed by atoms with Crippen molar-refractivity contribution >= 4 is 23.3 Å². The topological polar surface area (TPSA) is 75.2 Å². The third-order valence-corrected chi connectivity index (χ3v) is 5.78. The minimum atomic E-state index is -0.526. The van der Waals surface area contributed by atoms with Gasteiger partial charge in [-0.05, 0) is 55.0 Å². The summed E-state index contributed by atoms with van der Waals surface area (Å²) >= 11 is 5.99. The van der Waals surface area contributed by atoms with Crippen LogP contribution in [-0.4, -0.2) is 39.5 Å². The van der Waals surface area contributed by atoms with Crippen LogP contribution >= 0.6 is 11.6 Å². The Labute approximate surface area is 206 Å². The zero-order chi connectivity index (χ0) is 24.9. The monoisotopic (exact) mass is 491 g/mol. The molecule has 6 nitrogen and oxygen atoms in total. The van der Waals surface area contributed by atoms with Gasteiger partial charge in [-0.15, -0.1) is 0 Å². The van der Waals surface area contributed by atoms with Crippen LogP contribution in [0, 0.1) is 5.82 Å². The van der Waals surface area contributed by atoms with Gasteiger partial charge < -0.3 is 4.90 Å². The minimum Gasteiger partial charge on any atom is -0.331 e. The number of halogens is 2. The number of nitrogens with one attached hydrogen (secondary N) is 1. The maximum Gasteiger partial charge on any atom is 0.282 e. The van der Waals surface area contributed by atoms with Crippen molar-refractivity contribution in [3.63, 3.8) is 0 Å². The van der Waals surface area contributed by atoms with E-state index in [1.807, 2.05) is 25.1 Å². The van der Waals surface area contributed by atoms with Gasteiger partial charge in [0.05, 0.1) is 17.9 Å². The number of nitrogens with zero attached hydrogens (tertiary/aromatic N) is 2. The zero-order valence-electron chi connectivity index (χ0n) is 19.0. The Hall–Kier alpha value is -3.97. The average Bonchev–Trinajstić information content (AvgIpc) is 3.22. The molecule has 0 aliphatic carbocycles. The molecule has 0 spiro atoms. The summed E-state index contributed by atoms with van der Waals surface area (Å²) < 4.78 is 14.6. The van der Waals surface area contributed by atoms with Gasteiger partial charge in [0, 0.05) is 22.7 Å². The highest BCUT2D eigenvalue weighted by atomic mass is 35.5. The second-order valence-electron chi connectivity index (χ2n) is 8.00. The molecule has 1 aromatic heterocycles. The number of rotatable bonds is 8. The molecule has 1 heterocycles. The summed E-state index contributed by atoms with van der Waals surface area (Å²) in [6.45, 7) is 1.89. The summed E-state index contributed by atoms with van der Waals surface area (Å²) in [5, 5.41) is 3.57. The lowest BCUT2D eigenvalue weighted by Crippen LogP contribution is -2.37. The second-order valence-corrected chi connectivity index (χ2v) is 8.44. The zero-order valence-corrected chi connectivity index (χ0v) is 19.8. The molecule has 0 atom stereocenters. The van der Waals surface area contributed by atoms with E-state index in [2.05, 4.69) is 5.10 Å². The van der Waals surface area contributed by atoms with Crippen LogP contribution < -0.4 is 5.56 Å². The van der Waals surface area contributed by atoms with Crippen LogP contribution in [0.3, 0.4) is 0 Å². The molecule has 1 N–H and O–H groups in total. The molecule has 0 saturated heterocycles. The fraction of sp³-hybridized carbons (Fsp3) is 0.148. The maximum atomic E-state index is 13.5. The van der Waals surface area contributed by atoms with Gasteiger partial charge in [-0.2, -0.15) is 0 Å². The van der Waals surface area contributed by atoms with Crippen LogP contribution in [-0.2, 0) is 0 Å². The number of hydrogen-bond donors (Lipinski definition) is 1. The number of carbonyl (C=O) groups excluding carboxylic acids is 2. The Morgan fingerprint density at radius 3 is 2.26 bits per heavy atom. The molecule has 1 amide bonds. The Bertz CT molecular complexity index is 1390. The van der Waals surface area contributed by atoms with Gasteiger partial charge in [-0.25, -0.2) is 9.07 Å². The predicted octanol–water partition coefficient (Wildman–Crippen LogP) is 5.36. The van der Waals surface area contributed by atoms with Crippen LogP contribution in [0.25, 0.3) is 16.9 Å². The number of benzene rings is 3. The number of aromatic nitrogens is 2. The molecule has 3 aromatic carbocycles. The van der Waals surface area contributed by atoms with Crippen LogP contribution in [0.5, 0.6) is 0 Å². The van der Waals surface area contributed by atoms with Crippen molar-refractivity contribution in [2.45, 2.75) is 13.3 Å². The number of hydrogen-bond acceptors (Lipinski definition) is 3. The lowest BCUT2D eigenvalue weighted by molar-refractivity contribution is 0.0709. The highest BCUT2D eigenvalue weighted by Crippen LogP contribution is 2.22. The van der Waals surface area contributed by atoms with E-state index in [4.69, 9.17) is 11.6 Å². The fourth-order valence-corrected chi connectivity index (χ4v) is 3.96. The van der Waals surface area contributed by atoms with Gasteiger partial charge >= 0.3 is 0 Å². The number of ketones is 1. The van der Waals surface area contributed by atoms with Gasteiger partial charge in [0.25, 0.3) is 11.5 Å². The molecule has 4 rings (SSSR count). The highest BCUT2D eigenvalue weighted by Gasteiger charge is 2.26. The molecule has 0 fully saturated rings. The predicted molar refractivity (Wildman–Crippen MR) is 134 cm³/mol. The molecule has 178 valence electrons. The average molecular weight is 492 g/mol. The molecule has 0 bridgehead atoms. The minimum absolute atomic E-state index is 0.0424. The summed E-state index contributed by atoms with van der Waals surface area (Å²) in [6, 6.07) is 20.8. The molecule has 8 heteroatoms. The molecule has 0 radical (unpaired) electrons. The second kappa shape index (κ2) is 10.5. The van der Waals surface area contributed by atoms with Crippen molar-refractivity contribution in [1.82, 2.24) is 14.7 Å².